The first-order valence-electron chi connectivity index (χ1n) is 6.31. The summed E-state index contributed by atoms with van der Waals surface area (Å²) in [5.41, 5.74) is 1.61. The maximum Gasteiger partial charge on any atom is 0.221 e. The first-order chi connectivity index (χ1) is 9.10. The van der Waals surface area contributed by atoms with Gasteiger partial charge in [-0.15, -0.1) is 0 Å². The Morgan fingerprint density at radius 3 is 2.63 bits per heavy atom. The van der Waals surface area contributed by atoms with E-state index in [9.17, 15) is 4.79 Å². The third kappa shape index (κ3) is 4.79. The third-order valence-corrected chi connectivity index (χ3v) is 2.74. The van der Waals surface area contributed by atoms with E-state index in [1.54, 1.807) is 14.2 Å². The SMILES string of the molecule is CCC(COC)Nc1ccc(NC(C)=O)c(OC)c1. The molecular weight excluding hydrogens is 244 g/mol. The summed E-state index contributed by atoms with van der Waals surface area (Å²) in [6, 6.07) is 5.85. The molecule has 1 aromatic carbocycles. The normalized spacial score (nSPS) is 11.8. The highest BCUT2D eigenvalue weighted by Gasteiger charge is 2.09. The average molecular weight is 266 g/mol. The van der Waals surface area contributed by atoms with Crippen molar-refractivity contribution in [1.82, 2.24) is 0 Å². The molecule has 0 aliphatic rings. The fourth-order valence-electron chi connectivity index (χ4n) is 1.77. The Labute approximate surface area is 114 Å². The van der Waals surface area contributed by atoms with E-state index in [-0.39, 0.29) is 11.9 Å². The first kappa shape index (κ1) is 15.3. The number of nitrogens with one attached hydrogen (secondary N) is 2. The van der Waals surface area contributed by atoms with E-state index in [2.05, 4.69) is 17.6 Å². The molecule has 0 aromatic heterocycles. The van der Waals surface area contributed by atoms with Crippen LogP contribution < -0.4 is 15.4 Å². The second kappa shape index (κ2) is 7.63. The van der Waals surface area contributed by atoms with Crippen LogP contribution in [0.25, 0.3) is 0 Å². The van der Waals surface area contributed by atoms with Crippen LogP contribution >= 0.6 is 0 Å². The van der Waals surface area contributed by atoms with Gasteiger partial charge < -0.3 is 20.1 Å². The van der Waals surface area contributed by atoms with Gasteiger partial charge in [0.25, 0.3) is 0 Å². The first-order valence-corrected chi connectivity index (χ1v) is 6.31. The lowest BCUT2D eigenvalue weighted by atomic mass is 10.2. The van der Waals surface area contributed by atoms with Gasteiger partial charge in [-0.05, 0) is 18.6 Å². The average Bonchev–Trinajstić information content (AvgIpc) is 2.39. The van der Waals surface area contributed by atoms with Crippen LogP contribution in [0, 0.1) is 0 Å². The predicted molar refractivity (Wildman–Crippen MR) is 76.9 cm³/mol. The Hall–Kier alpha value is -1.75. The van der Waals surface area contributed by atoms with Crippen LogP contribution in [0.1, 0.15) is 20.3 Å². The fourth-order valence-corrected chi connectivity index (χ4v) is 1.77. The highest BCUT2D eigenvalue weighted by molar-refractivity contribution is 5.90. The lowest BCUT2D eigenvalue weighted by Crippen LogP contribution is -2.23. The van der Waals surface area contributed by atoms with Crippen LogP contribution in [0.3, 0.4) is 0 Å². The third-order valence-electron chi connectivity index (χ3n) is 2.74. The summed E-state index contributed by atoms with van der Waals surface area (Å²) in [6.07, 6.45) is 0.962. The molecule has 0 saturated heterocycles. The number of anilines is 2. The van der Waals surface area contributed by atoms with E-state index < -0.39 is 0 Å². The highest BCUT2D eigenvalue weighted by Crippen LogP contribution is 2.28. The van der Waals surface area contributed by atoms with Crippen LogP contribution in [-0.2, 0) is 9.53 Å². The zero-order valence-electron chi connectivity index (χ0n) is 11.9. The number of carbonyl (C=O) groups is 1. The zero-order valence-corrected chi connectivity index (χ0v) is 11.9. The van der Waals surface area contributed by atoms with Crippen molar-refractivity contribution in [3.8, 4) is 5.75 Å². The van der Waals surface area contributed by atoms with E-state index in [0.29, 0.717) is 18.0 Å². The fraction of sp³-hybridized carbons (Fsp3) is 0.500. The predicted octanol–water partition coefficient (Wildman–Crippen LogP) is 2.49. The number of methoxy groups -OCH3 is 2. The number of benzene rings is 1. The highest BCUT2D eigenvalue weighted by atomic mass is 16.5. The number of rotatable bonds is 7. The van der Waals surface area contributed by atoms with Gasteiger partial charge >= 0.3 is 0 Å². The van der Waals surface area contributed by atoms with Crippen molar-refractivity contribution < 1.29 is 14.3 Å². The van der Waals surface area contributed by atoms with Gasteiger partial charge in [-0.25, -0.2) is 0 Å². The summed E-state index contributed by atoms with van der Waals surface area (Å²) >= 11 is 0. The maximum absolute atomic E-state index is 11.1. The molecule has 0 saturated carbocycles. The molecule has 5 nitrogen and oxygen atoms in total. The molecule has 2 N–H and O–H groups in total. The summed E-state index contributed by atoms with van der Waals surface area (Å²) in [5, 5.41) is 6.09. The second-order valence-corrected chi connectivity index (χ2v) is 4.30. The lowest BCUT2D eigenvalue weighted by molar-refractivity contribution is -0.114. The molecule has 0 aliphatic carbocycles. The van der Waals surface area contributed by atoms with Crippen molar-refractivity contribution in [1.29, 1.82) is 0 Å². The molecule has 0 fully saturated rings. The van der Waals surface area contributed by atoms with Crippen LogP contribution in [0.5, 0.6) is 5.75 Å². The summed E-state index contributed by atoms with van der Waals surface area (Å²) in [6.45, 7) is 4.21. The Bertz CT molecular complexity index is 421. The van der Waals surface area contributed by atoms with Crippen molar-refractivity contribution in [2.24, 2.45) is 0 Å². The number of hydrogen-bond donors (Lipinski definition) is 2. The summed E-state index contributed by atoms with van der Waals surface area (Å²) in [4.78, 5) is 11.1. The van der Waals surface area contributed by atoms with Gasteiger partial charge in [-0.2, -0.15) is 0 Å². The molecule has 0 radical (unpaired) electrons. The molecule has 1 amide bonds. The topological polar surface area (TPSA) is 59.6 Å². The van der Waals surface area contributed by atoms with E-state index in [0.717, 1.165) is 12.1 Å². The van der Waals surface area contributed by atoms with Gasteiger partial charge in [0.15, 0.2) is 0 Å². The molecular formula is C14H22N2O3. The molecule has 106 valence electrons. The minimum Gasteiger partial charge on any atom is -0.494 e. The lowest BCUT2D eigenvalue weighted by Gasteiger charge is -2.18. The van der Waals surface area contributed by atoms with Crippen LogP contribution in [0.4, 0.5) is 11.4 Å². The molecule has 0 bridgehead atoms. The monoisotopic (exact) mass is 266 g/mol. The number of hydrogen-bond acceptors (Lipinski definition) is 4. The molecule has 1 rings (SSSR count). The van der Waals surface area contributed by atoms with Crippen molar-refractivity contribution >= 4 is 17.3 Å². The Balaban J connectivity index is 2.83. The van der Waals surface area contributed by atoms with Crippen LogP contribution in [0.2, 0.25) is 0 Å². The van der Waals surface area contributed by atoms with Gasteiger partial charge in [0.05, 0.1) is 19.4 Å². The van der Waals surface area contributed by atoms with E-state index in [1.165, 1.54) is 6.92 Å². The van der Waals surface area contributed by atoms with Gasteiger partial charge in [0, 0.05) is 31.8 Å². The maximum atomic E-state index is 11.1. The number of carbonyl (C=O) groups excluding carboxylic acids is 1. The zero-order chi connectivity index (χ0) is 14.3. The molecule has 0 heterocycles. The standard InChI is InChI=1S/C14H22N2O3/c1-5-11(9-18-3)16-12-6-7-13(15-10(2)17)14(8-12)19-4/h6-8,11,16H,5,9H2,1-4H3,(H,15,17). The molecule has 19 heavy (non-hydrogen) atoms. The van der Waals surface area contributed by atoms with E-state index in [1.807, 2.05) is 18.2 Å². The van der Waals surface area contributed by atoms with Crippen molar-refractivity contribution in [2.45, 2.75) is 26.3 Å². The van der Waals surface area contributed by atoms with Crippen LogP contribution in [0.15, 0.2) is 18.2 Å². The number of ether oxygens (including phenoxy) is 2. The van der Waals surface area contributed by atoms with E-state index in [4.69, 9.17) is 9.47 Å². The summed E-state index contributed by atoms with van der Waals surface area (Å²) in [7, 11) is 3.27. The molecule has 0 spiro atoms. The second-order valence-electron chi connectivity index (χ2n) is 4.30. The van der Waals surface area contributed by atoms with Gasteiger partial charge in [-0.1, -0.05) is 6.92 Å². The minimum atomic E-state index is -0.121. The molecule has 1 aromatic rings. The molecule has 0 aliphatic heterocycles. The Morgan fingerprint density at radius 2 is 2.11 bits per heavy atom. The summed E-state index contributed by atoms with van der Waals surface area (Å²) < 4.78 is 10.4. The van der Waals surface area contributed by atoms with Gasteiger partial charge in [0.2, 0.25) is 5.91 Å². The van der Waals surface area contributed by atoms with Crippen molar-refractivity contribution in [3.05, 3.63) is 18.2 Å². The Kier molecular flexibility index (Phi) is 6.15. The van der Waals surface area contributed by atoms with Crippen LogP contribution in [-0.4, -0.2) is 32.8 Å². The molecule has 5 heteroatoms. The molecule has 1 atom stereocenters. The largest absolute Gasteiger partial charge is 0.494 e. The smallest absolute Gasteiger partial charge is 0.221 e. The number of amides is 1. The van der Waals surface area contributed by atoms with Crippen molar-refractivity contribution in [2.75, 3.05) is 31.5 Å². The van der Waals surface area contributed by atoms with Gasteiger partial charge in [0.1, 0.15) is 5.75 Å². The van der Waals surface area contributed by atoms with Gasteiger partial charge in [-0.3, -0.25) is 4.79 Å². The minimum absolute atomic E-state index is 0.121. The molecule has 1 unspecified atom stereocenters. The van der Waals surface area contributed by atoms with Crippen molar-refractivity contribution in [3.63, 3.8) is 0 Å². The van der Waals surface area contributed by atoms with E-state index >= 15 is 0 Å². The Morgan fingerprint density at radius 1 is 1.37 bits per heavy atom. The summed E-state index contributed by atoms with van der Waals surface area (Å²) in [5.74, 6) is 0.511. The quantitative estimate of drug-likeness (QED) is 0.796.